The summed E-state index contributed by atoms with van der Waals surface area (Å²) in [5.74, 6) is 0.650. The van der Waals surface area contributed by atoms with Crippen LogP contribution in [-0.2, 0) is 4.74 Å². The normalized spacial score (nSPS) is 21.6. The summed E-state index contributed by atoms with van der Waals surface area (Å²) in [5, 5.41) is 4.61. The van der Waals surface area contributed by atoms with Crippen molar-refractivity contribution in [2.24, 2.45) is 5.92 Å². The van der Waals surface area contributed by atoms with E-state index in [9.17, 15) is 0 Å². The molecule has 4 nitrogen and oxygen atoms in total. The summed E-state index contributed by atoms with van der Waals surface area (Å²) in [7, 11) is 1.79. The third kappa shape index (κ3) is 3.91. The SMILES string of the molecule is CCNC(C)c1cnc(N2CCCC(COC)C2)s1. The van der Waals surface area contributed by atoms with Crippen LogP contribution in [0.5, 0.6) is 0 Å². The number of piperidine rings is 1. The van der Waals surface area contributed by atoms with E-state index in [1.165, 1.54) is 22.9 Å². The molecule has 1 N–H and O–H groups in total. The molecule has 2 heterocycles. The molecular weight excluding hydrogens is 258 g/mol. The summed E-state index contributed by atoms with van der Waals surface area (Å²) in [6, 6.07) is 0.399. The maximum absolute atomic E-state index is 5.29. The minimum atomic E-state index is 0.399. The van der Waals surface area contributed by atoms with Crippen molar-refractivity contribution in [2.45, 2.75) is 32.7 Å². The molecule has 1 saturated heterocycles. The number of rotatable bonds is 6. The predicted octanol–water partition coefficient (Wildman–Crippen LogP) is 2.68. The molecule has 19 heavy (non-hydrogen) atoms. The summed E-state index contributed by atoms with van der Waals surface area (Å²) in [6.45, 7) is 8.40. The van der Waals surface area contributed by atoms with Gasteiger partial charge in [0.25, 0.3) is 0 Å². The lowest BCUT2D eigenvalue weighted by Crippen LogP contribution is -2.37. The summed E-state index contributed by atoms with van der Waals surface area (Å²) in [6.07, 6.45) is 4.54. The Balaban J connectivity index is 1.97. The molecule has 1 fully saturated rings. The molecule has 0 aromatic carbocycles. The van der Waals surface area contributed by atoms with E-state index in [4.69, 9.17) is 4.74 Å². The van der Waals surface area contributed by atoms with Crippen molar-refractivity contribution < 1.29 is 4.74 Å². The van der Waals surface area contributed by atoms with Gasteiger partial charge in [0.2, 0.25) is 0 Å². The predicted molar refractivity (Wildman–Crippen MR) is 81.0 cm³/mol. The van der Waals surface area contributed by atoms with E-state index < -0.39 is 0 Å². The van der Waals surface area contributed by atoms with E-state index in [0.29, 0.717) is 12.0 Å². The Morgan fingerprint density at radius 1 is 1.63 bits per heavy atom. The van der Waals surface area contributed by atoms with Gasteiger partial charge in [-0.3, -0.25) is 0 Å². The van der Waals surface area contributed by atoms with Crippen molar-refractivity contribution in [3.05, 3.63) is 11.1 Å². The Bertz CT molecular complexity index is 381. The highest BCUT2D eigenvalue weighted by atomic mass is 32.1. The van der Waals surface area contributed by atoms with E-state index in [2.05, 4.69) is 29.0 Å². The molecule has 2 atom stereocenters. The fraction of sp³-hybridized carbons (Fsp3) is 0.786. The lowest BCUT2D eigenvalue weighted by atomic mass is 9.99. The zero-order chi connectivity index (χ0) is 13.7. The van der Waals surface area contributed by atoms with Gasteiger partial charge < -0.3 is 15.0 Å². The standard InChI is InChI=1S/C14H25N3OS/c1-4-15-11(2)13-8-16-14(19-13)17-7-5-6-12(9-17)10-18-3/h8,11-12,15H,4-7,9-10H2,1-3H3. The second kappa shape index (κ2) is 7.22. The van der Waals surface area contributed by atoms with Gasteiger partial charge in [0, 0.05) is 37.3 Å². The second-order valence-electron chi connectivity index (χ2n) is 5.23. The van der Waals surface area contributed by atoms with Crippen LogP contribution >= 0.6 is 11.3 Å². The van der Waals surface area contributed by atoms with Crippen molar-refractivity contribution >= 4 is 16.5 Å². The van der Waals surface area contributed by atoms with Gasteiger partial charge in [0.15, 0.2) is 5.13 Å². The molecule has 0 spiro atoms. The Morgan fingerprint density at radius 2 is 2.47 bits per heavy atom. The van der Waals surface area contributed by atoms with Crippen molar-refractivity contribution in [1.82, 2.24) is 10.3 Å². The van der Waals surface area contributed by atoms with Crippen LogP contribution in [0.3, 0.4) is 0 Å². The number of anilines is 1. The van der Waals surface area contributed by atoms with Gasteiger partial charge in [-0.15, -0.1) is 11.3 Å². The molecule has 2 rings (SSSR count). The highest BCUT2D eigenvalue weighted by Gasteiger charge is 2.22. The van der Waals surface area contributed by atoms with Gasteiger partial charge in [-0.05, 0) is 32.2 Å². The molecule has 0 radical (unpaired) electrons. The Hall–Kier alpha value is -0.650. The van der Waals surface area contributed by atoms with Crippen molar-refractivity contribution in [1.29, 1.82) is 0 Å². The first kappa shape index (κ1) is 14.8. The molecule has 1 aliphatic rings. The Labute approximate surface area is 120 Å². The number of hydrogen-bond donors (Lipinski definition) is 1. The molecule has 1 aromatic heterocycles. The van der Waals surface area contributed by atoms with Crippen molar-refractivity contribution in [2.75, 3.05) is 38.3 Å². The van der Waals surface area contributed by atoms with E-state index in [0.717, 1.165) is 26.2 Å². The molecule has 5 heteroatoms. The van der Waals surface area contributed by atoms with Gasteiger partial charge in [-0.1, -0.05) is 6.92 Å². The van der Waals surface area contributed by atoms with Crippen LogP contribution in [0.15, 0.2) is 6.20 Å². The first-order chi connectivity index (χ1) is 9.24. The summed E-state index contributed by atoms with van der Waals surface area (Å²) in [5.41, 5.74) is 0. The lowest BCUT2D eigenvalue weighted by Gasteiger charge is -2.32. The summed E-state index contributed by atoms with van der Waals surface area (Å²) >= 11 is 1.82. The first-order valence-electron chi connectivity index (χ1n) is 7.17. The Morgan fingerprint density at radius 3 is 3.21 bits per heavy atom. The summed E-state index contributed by atoms with van der Waals surface area (Å²) in [4.78, 5) is 8.34. The first-order valence-corrected chi connectivity index (χ1v) is 7.99. The third-order valence-electron chi connectivity index (χ3n) is 3.64. The quantitative estimate of drug-likeness (QED) is 0.871. The highest BCUT2D eigenvalue weighted by Crippen LogP contribution is 2.30. The van der Waals surface area contributed by atoms with Crippen LogP contribution in [0.2, 0.25) is 0 Å². The minimum Gasteiger partial charge on any atom is -0.384 e. The monoisotopic (exact) mass is 283 g/mol. The largest absolute Gasteiger partial charge is 0.384 e. The van der Waals surface area contributed by atoms with Gasteiger partial charge in [-0.25, -0.2) is 4.98 Å². The van der Waals surface area contributed by atoms with Crippen LogP contribution < -0.4 is 10.2 Å². The fourth-order valence-electron chi connectivity index (χ4n) is 2.64. The Kier molecular flexibility index (Phi) is 5.60. The van der Waals surface area contributed by atoms with E-state index in [-0.39, 0.29) is 0 Å². The van der Waals surface area contributed by atoms with Crippen LogP contribution in [0.4, 0.5) is 5.13 Å². The van der Waals surface area contributed by atoms with E-state index >= 15 is 0 Å². The molecule has 0 bridgehead atoms. The molecule has 108 valence electrons. The number of aromatic nitrogens is 1. The molecule has 0 aliphatic carbocycles. The molecular formula is C14H25N3OS. The molecule has 0 saturated carbocycles. The zero-order valence-corrected chi connectivity index (χ0v) is 13.0. The molecule has 2 unspecified atom stereocenters. The van der Waals surface area contributed by atoms with Crippen LogP contribution in [-0.4, -0.2) is 38.3 Å². The van der Waals surface area contributed by atoms with Gasteiger partial charge in [-0.2, -0.15) is 0 Å². The zero-order valence-electron chi connectivity index (χ0n) is 12.2. The maximum atomic E-state index is 5.29. The average Bonchev–Trinajstić information content (AvgIpc) is 2.89. The van der Waals surface area contributed by atoms with Gasteiger partial charge in [0.1, 0.15) is 0 Å². The summed E-state index contributed by atoms with van der Waals surface area (Å²) < 4.78 is 5.29. The number of thiazole rings is 1. The number of nitrogens with zero attached hydrogens (tertiary/aromatic N) is 2. The number of nitrogens with one attached hydrogen (secondary N) is 1. The van der Waals surface area contributed by atoms with E-state index in [1.54, 1.807) is 7.11 Å². The average molecular weight is 283 g/mol. The number of hydrogen-bond acceptors (Lipinski definition) is 5. The molecule has 1 aliphatic heterocycles. The van der Waals surface area contributed by atoms with Crippen LogP contribution in [0.25, 0.3) is 0 Å². The maximum Gasteiger partial charge on any atom is 0.185 e. The lowest BCUT2D eigenvalue weighted by molar-refractivity contribution is 0.143. The second-order valence-corrected chi connectivity index (χ2v) is 6.27. The van der Waals surface area contributed by atoms with Crippen LogP contribution in [0.1, 0.15) is 37.6 Å². The van der Waals surface area contributed by atoms with Gasteiger partial charge >= 0.3 is 0 Å². The van der Waals surface area contributed by atoms with Gasteiger partial charge in [0.05, 0.1) is 6.61 Å². The van der Waals surface area contributed by atoms with Crippen LogP contribution in [0, 0.1) is 5.92 Å². The van der Waals surface area contributed by atoms with Crippen molar-refractivity contribution in [3.63, 3.8) is 0 Å². The highest BCUT2D eigenvalue weighted by molar-refractivity contribution is 7.15. The van der Waals surface area contributed by atoms with E-state index in [1.807, 2.05) is 17.5 Å². The number of methoxy groups -OCH3 is 1. The number of ether oxygens (including phenoxy) is 1. The smallest absolute Gasteiger partial charge is 0.185 e. The third-order valence-corrected chi connectivity index (χ3v) is 4.88. The minimum absolute atomic E-state index is 0.399. The fourth-order valence-corrected chi connectivity index (χ4v) is 3.62. The topological polar surface area (TPSA) is 37.4 Å². The molecule has 0 amide bonds. The molecule has 1 aromatic rings. The van der Waals surface area contributed by atoms with Crippen molar-refractivity contribution in [3.8, 4) is 0 Å².